The number of unbranched alkanes of at least 4 members (excludes halogenated alkanes) is 5. The number of hydrogen-bond acceptors (Lipinski definition) is 3. The predicted octanol–water partition coefficient (Wildman–Crippen LogP) is 0.932. The standard InChI is InChI=1S/C11H23N5/c1-14-8-6-4-2-3-5-7-9-15-11(13)16-10-12/h14H,2-9H2,1H3,(H3,13,15,16). The van der Waals surface area contributed by atoms with E-state index in [1.165, 1.54) is 32.1 Å². The number of hydrogen-bond donors (Lipinski definition) is 3. The van der Waals surface area contributed by atoms with Crippen LogP contribution in [0.1, 0.15) is 38.5 Å². The molecule has 0 atom stereocenters. The van der Waals surface area contributed by atoms with Gasteiger partial charge in [-0.25, -0.2) is 0 Å². The lowest BCUT2D eigenvalue weighted by molar-refractivity contribution is 0.585. The first-order valence-corrected chi connectivity index (χ1v) is 5.91. The topological polar surface area (TPSA) is 86.2 Å². The molecular formula is C11H23N5. The van der Waals surface area contributed by atoms with E-state index in [0.717, 1.165) is 13.0 Å². The van der Waals surface area contributed by atoms with E-state index in [1.54, 1.807) is 6.19 Å². The maximum Gasteiger partial charge on any atom is 0.202 e. The average Bonchev–Trinajstić information content (AvgIpc) is 2.27. The van der Waals surface area contributed by atoms with Crippen molar-refractivity contribution in [1.82, 2.24) is 10.6 Å². The van der Waals surface area contributed by atoms with Gasteiger partial charge in [0, 0.05) is 6.54 Å². The van der Waals surface area contributed by atoms with Crippen molar-refractivity contribution in [2.24, 2.45) is 10.7 Å². The van der Waals surface area contributed by atoms with Crippen molar-refractivity contribution >= 4 is 5.96 Å². The molecule has 0 unspecified atom stereocenters. The van der Waals surface area contributed by atoms with Crippen molar-refractivity contribution in [1.29, 1.82) is 5.26 Å². The van der Waals surface area contributed by atoms with Gasteiger partial charge in [0.1, 0.15) is 0 Å². The Labute approximate surface area is 98.1 Å². The minimum absolute atomic E-state index is 0.219. The van der Waals surface area contributed by atoms with Gasteiger partial charge in [0.05, 0.1) is 0 Å². The normalized spacial score (nSPS) is 11.1. The van der Waals surface area contributed by atoms with E-state index in [0.29, 0.717) is 6.54 Å². The fourth-order valence-electron chi connectivity index (χ4n) is 1.42. The van der Waals surface area contributed by atoms with E-state index in [-0.39, 0.29) is 5.96 Å². The van der Waals surface area contributed by atoms with Crippen LogP contribution in [0.25, 0.3) is 0 Å². The van der Waals surface area contributed by atoms with Crippen LogP contribution in [0.15, 0.2) is 4.99 Å². The van der Waals surface area contributed by atoms with Crippen molar-refractivity contribution in [3.63, 3.8) is 0 Å². The molecule has 0 aromatic rings. The molecule has 5 heteroatoms. The zero-order valence-corrected chi connectivity index (χ0v) is 10.1. The van der Waals surface area contributed by atoms with Gasteiger partial charge in [0.25, 0.3) is 0 Å². The third-order valence-electron chi connectivity index (χ3n) is 2.30. The molecule has 16 heavy (non-hydrogen) atoms. The lowest BCUT2D eigenvalue weighted by atomic mass is 10.1. The van der Waals surface area contributed by atoms with Gasteiger partial charge in [0.15, 0.2) is 6.19 Å². The molecule has 0 fully saturated rings. The molecule has 0 heterocycles. The summed E-state index contributed by atoms with van der Waals surface area (Å²) in [5.74, 6) is 0.219. The van der Waals surface area contributed by atoms with Crippen LogP contribution in [0, 0.1) is 11.5 Å². The first kappa shape index (κ1) is 14.7. The van der Waals surface area contributed by atoms with Crippen molar-refractivity contribution < 1.29 is 0 Å². The molecule has 0 aliphatic rings. The number of nitriles is 1. The van der Waals surface area contributed by atoms with E-state index in [2.05, 4.69) is 15.6 Å². The zero-order valence-electron chi connectivity index (χ0n) is 10.1. The van der Waals surface area contributed by atoms with E-state index < -0.39 is 0 Å². The highest BCUT2D eigenvalue weighted by molar-refractivity contribution is 5.79. The Morgan fingerprint density at radius 2 is 1.81 bits per heavy atom. The minimum atomic E-state index is 0.219. The second kappa shape index (κ2) is 11.8. The Morgan fingerprint density at radius 3 is 2.44 bits per heavy atom. The minimum Gasteiger partial charge on any atom is -0.369 e. The number of nitrogens with one attached hydrogen (secondary N) is 2. The van der Waals surface area contributed by atoms with Crippen molar-refractivity contribution in [2.75, 3.05) is 20.1 Å². The molecule has 0 saturated heterocycles. The molecule has 0 radical (unpaired) electrons. The number of nitrogens with zero attached hydrogens (tertiary/aromatic N) is 2. The van der Waals surface area contributed by atoms with Gasteiger partial charge >= 0.3 is 0 Å². The summed E-state index contributed by atoms with van der Waals surface area (Å²) in [6, 6.07) is 0. The molecule has 92 valence electrons. The van der Waals surface area contributed by atoms with Crippen LogP contribution in [-0.2, 0) is 0 Å². The Bertz CT molecular complexity index is 219. The zero-order chi connectivity index (χ0) is 12.1. The van der Waals surface area contributed by atoms with Gasteiger partial charge in [0.2, 0.25) is 5.96 Å². The van der Waals surface area contributed by atoms with Crippen molar-refractivity contribution in [3.8, 4) is 6.19 Å². The maximum absolute atomic E-state index is 8.25. The molecule has 0 rings (SSSR count). The fourth-order valence-corrected chi connectivity index (χ4v) is 1.42. The van der Waals surface area contributed by atoms with E-state index in [9.17, 15) is 0 Å². The molecule has 0 aliphatic carbocycles. The Morgan fingerprint density at radius 1 is 1.19 bits per heavy atom. The Hall–Kier alpha value is -1.28. The summed E-state index contributed by atoms with van der Waals surface area (Å²) in [7, 11) is 1.98. The second-order valence-corrected chi connectivity index (χ2v) is 3.73. The quantitative estimate of drug-likeness (QED) is 0.179. The summed E-state index contributed by atoms with van der Waals surface area (Å²) in [6.45, 7) is 1.82. The molecule has 0 aromatic heterocycles. The number of guanidine groups is 1. The number of nitrogens with two attached hydrogens (primary N) is 1. The molecule has 5 nitrogen and oxygen atoms in total. The van der Waals surface area contributed by atoms with Crippen LogP contribution in [0.4, 0.5) is 0 Å². The molecular weight excluding hydrogens is 202 g/mol. The summed E-state index contributed by atoms with van der Waals surface area (Å²) in [5, 5.41) is 13.7. The van der Waals surface area contributed by atoms with Crippen LogP contribution in [0.2, 0.25) is 0 Å². The lowest BCUT2D eigenvalue weighted by Gasteiger charge is -2.01. The Balaban J connectivity index is 3.15. The SMILES string of the molecule is CNCCCCCCCCN=C(N)NC#N. The number of rotatable bonds is 9. The summed E-state index contributed by atoms with van der Waals surface area (Å²) < 4.78 is 0. The average molecular weight is 225 g/mol. The maximum atomic E-state index is 8.25. The summed E-state index contributed by atoms with van der Waals surface area (Å²) in [5.41, 5.74) is 5.39. The van der Waals surface area contributed by atoms with Crippen LogP contribution < -0.4 is 16.4 Å². The molecule has 0 bridgehead atoms. The van der Waals surface area contributed by atoms with Crippen molar-refractivity contribution in [3.05, 3.63) is 0 Å². The molecule has 0 aromatic carbocycles. The third-order valence-corrected chi connectivity index (χ3v) is 2.30. The van der Waals surface area contributed by atoms with E-state index >= 15 is 0 Å². The van der Waals surface area contributed by atoms with E-state index in [1.807, 2.05) is 7.05 Å². The van der Waals surface area contributed by atoms with Crippen molar-refractivity contribution in [2.45, 2.75) is 38.5 Å². The van der Waals surface area contributed by atoms with E-state index in [4.69, 9.17) is 11.0 Å². The molecule has 4 N–H and O–H groups in total. The van der Waals surface area contributed by atoms with Gasteiger partial charge in [-0.1, -0.05) is 25.7 Å². The van der Waals surface area contributed by atoms with Crippen LogP contribution in [-0.4, -0.2) is 26.1 Å². The van der Waals surface area contributed by atoms with Gasteiger partial charge in [-0.2, -0.15) is 5.26 Å². The van der Waals surface area contributed by atoms with Gasteiger partial charge in [-0.05, 0) is 26.4 Å². The molecule has 0 aliphatic heterocycles. The first-order chi connectivity index (χ1) is 7.81. The second-order valence-electron chi connectivity index (χ2n) is 3.73. The largest absolute Gasteiger partial charge is 0.369 e. The van der Waals surface area contributed by atoms with Gasteiger partial charge in [-0.3, -0.25) is 10.3 Å². The molecule has 0 amide bonds. The van der Waals surface area contributed by atoms with Gasteiger partial charge in [-0.15, -0.1) is 0 Å². The lowest BCUT2D eigenvalue weighted by Crippen LogP contribution is -2.27. The third kappa shape index (κ3) is 10.8. The summed E-state index contributed by atoms with van der Waals surface area (Å²) >= 11 is 0. The highest BCUT2D eigenvalue weighted by Gasteiger charge is 1.91. The summed E-state index contributed by atoms with van der Waals surface area (Å²) in [6.07, 6.45) is 9.06. The monoisotopic (exact) mass is 225 g/mol. The van der Waals surface area contributed by atoms with Crippen LogP contribution in [0.5, 0.6) is 0 Å². The Kier molecular flexibility index (Phi) is 10.8. The summed E-state index contributed by atoms with van der Waals surface area (Å²) in [4.78, 5) is 4.01. The highest BCUT2D eigenvalue weighted by atomic mass is 15.1. The predicted molar refractivity (Wildman–Crippen MR) is 66.9 cm³/mol. The van der Waals surface area contributed by atoms with Gasteiger partial charge < -0.3 is 11.1 Å². The van der Waals surface area contributed by atoms with Crippen LogP contribution in [0.3, 0.4) is 0 Å². The fraction of sp³-hybridized carbons (Fsp3) is 0.818. The molecule has 0 spiro atoms. The molecule has 0 saturated carbocycles. The smallest absolute Gasteiger partial charge is 0.202 e. The first-order valence-electron chi connectivity index (χ1n) is 5.91. The number of aliphatic imine (C=N–C) groups is 1. The highest BCUT2D eigenvalue weighted by Crippen LogP contribution is 2.04. The van der Waals surface area contributed by atoms with Crippen LogP contribution >= 0.6 is 0 Å².